The van der Waals surface area contributed by atoms with Gasteiger partial charge in [0, 0.05) is 17.8 Å². The van der Waals surface area contributed by atoms with Crippen LogP contribution in [0, 0.1) is 11.3 Å². The van der Waals surface area contributed by atoms with Gasteiger partial charge in [-0.15, -0.1) is 0 Å². The molecule has 0 atom stereocenters. The summed E-state index contributed by atoms with van der Waals surface area (Å²) < 4.78 is 0. The number of anilines is 1. The summed E-state index contributed by atoms with van der Waals surface area (Å²) in [5, 5.41) is 5.86. The lowest BCUT2D eigenvalue weighted by Crippen LogP contribution is -2.31. The van der Waals surface area contributed by atoms with Crippen molar-refractivity contribution < 1.29 is 9.59 Å². The zero-order valence-electron chi connectivity index (χ0n) is 11.4. The molecule has 20 heavy (non-hydrogen) atoms. The van der Waals surface area contributed by atoms with E-state index in [0.29, 0.717) is 17.4 Å². The van der Waals surface area contributed by atoms with E-state index in [1.807, 2.05) is 12.1 Å². The fourth-order valence-electron chi connectivity index (χ4n) is 3.30. The molecule has 2 N–H and O–H groups in total. The number of amides is 2. The number of hydrogen-bond donors (Lipinski definition) is 2. The van der Waals surface area contributed by atoms with Crippen LogP contribution in [0.5, 0.6) is 0 Å². The highest BCUT2D eigenvalue weighted by atomic mass is 16.2. The third kappa shape index (κ3) is 1.99. The van der Waals surface area contributed by atoms with Gasteiger partial charge in [-0.25, -0.2) is 0 Å². The lowest BCUT2D eigenvalue weighted by atomic mass is 10.0. The molecule has 2 amide bonds. The molecule has 2 saturated carbocycles. The van der Waals surface area contributed by atoms with Crippen molar-refractivity contribution in [3.8, 4) is 0 Å². The lowest BCUT2D eigenvalue weighted by molar-refractivity contribution is -0.115. The van der Waals surface area contributed by atoms with Crippen LogP contribution >= 0.6 is 0 Å². The lowest BCUT2D eigenvalue weighted by Gasteiger charge is -2.15. The molecular weight excluding hydrogens is 252 g/mol. The van der Waals surface area contributed by atoms with Crippen LogP contribution in [0.2, 0.25) is 0 Å². The molecule has 0 saturated heterocycles. The van der Waals surface area contributed by atoms with E-state index in [-0.39, 0.29) is 11.8 Å². The molecule has 1 aromatic rings. The van der Waals surface area contributed by atoms with Gasteiger partial charge in [-0.2, -0.15) is 0 Å². The first-order chi connectivity index (χ1) is 9.66. The minimum Gasteiger partial charge on any atom is -0.351 e. The second-order valence-electron chi connectivity index (χ2n) is 6.42. The maximum absolute atomic E-state index is 12.2. The number of rotatable bonds is 4. The molecule has 104 valence electrons. The Balaban J connectivity index is 1.44. The van der Waals surface area contributed by atoms with Gasteiger partial charge in [-0.1, -0.05) is 6.07 Å². The van der Waals surface area contributed by atoms with Crippen molar-refractivity contribution in [3.63, 3.8) is 0 Å². The van der Waals surface area contributed by atoms with Crippen LogP contribution in [0.15, 0.2) is 18.2 Å². The third-order valence-corrected chi connectivity index (χ3v) is 4.93. The molecule has 1 heterocycles. The first-order valence-corrected chi connectivity index (χ1v) is 7.37. The zero-order valence-corrected chi connectivity index (χ0v) is 11.4. The van der Waals surface area contributed by atoms with Crippen molar-refractivity contribution in [3.05, 3.63) is 29.3 Å². The van der Waals surface area contributed by atoms with E-state index in [4.69, 9.17) is 0 Å². The quantitative estimate of drug-likeness (QED) is 0.880. The van der Waals surface area contributed by atoms with Crippen molar-refractivity contribution in [1.29, 1.82) is 0 Å². The summed E-state index contributed by atoms with van der Waals surface area (Å²) >= 11 is 0. The van der Waals surface area contributed by atoms with Crippen molar-refractivity contribution in [2.75, 3.05) is 11.9 Å². The summed E-state index contributed by atoms with van der Waals surface area (Å²) in [5.41, 5.74) is 2.81. The van der Waals surface area contributed by atoms with Gasteiger partial charge >= 0.3 is 0 Å². The molecule has 1 aliphatic heterocycles. The summed E-state index contributed by atoms with van der Waals surface area (Å²) in [6, 6.07) is 5.47. The minimum atomic E-state index is -0.0270. The predicted molar refractivity (Wildman–Crippen MR) is 75.5 cm³/mol. The molecule has 0 spiro atoms. The Kier molecular flexibility index (Phi) is 2.43. The van der Waals surface area contributed by atoms with Crippen LogP contribution < -0.4 is 10.6 Å². The normalized spacial score (nSPS) is 22.1. The van der Waals surface area contributed by atoms with E-state index in [1.165, 1.54) is 25.7 Å². The smallest absolute Gasteiger partial charge is 0.251 e. The number of fused-ring (bicyclic) bond motifs is 1. The number of carbonyl (C=O) groups excluding carboxylic acids is 2. The standard InChI is InChI=1S/C16H18N2O2/c19-14-8-10-1-2-11(7-13(10)18-14)15(20)17-9-16(5-6-16)12-3-4-12/h1-2,7,12H,3-6,8-9H2,(H,17,20)(H,18,19). The van der Waals surface area contributed by atoms with Crippen LogP contribution in [0.1, 0.15) is 41.6 Å². The van der Waals surface area contributed by atoms with E-state index >= 15 is 0 Å². The summed E-state index contributed by atoms with van der Waals surface area (Å²) in [7, 11) is 0. The van der Waals surface area contributed by atoms with Gasteiger partial charge in [0.25, 0.3) is 5.91 Å². The number of nitrogens with one attached hydrogen (secondary N) is 2. The molecule has 0 bridgehead atoms. The third-order valence-electron chi connectivity index (χ3n) is 4.93. The summed E-state index contributed by atoms with van der Waals surface area (Å²) in [6.45, 7) is 0.805. The Morgan fingerprint density at radius 2 is 2.15 bits per heavy atom. The highest BCUT2D eigenvalue weighted by Gasteiger charge is 2.53. The van der Waals surface area contributed by atoms with Crippen LogP contribution in [0.3, 0.4) is 0 Å². The van der Waals surface area contributed by atoms with E-state index in [2.05, 4.69) is 10.6 Å². The average Bonchev–Trinajstić information content (AvgIpc) is 3.31. The molecule has 4 rings (SSSR count). The molecular formula is C16H18N2O2. The number of hydrogen-bond acceptors (Lipinski definition) is 2. The van der Waals surface area contributed by atoms with E-state index < -0.39 is 0 Å². The van der Waals surface area contributed by atoms with Crippen molar-refractivity contribution in [1.82, 2.24) is 5.32 Å². The fourth-order valence-corrected chi connectivity index (χ4v) is 3.30. The van der Waals surface area contributed by atoms with Gasteiger partial charge in [0.05, 0.1) is 6.42 Å². The maximum atomic E-state index is 12.2. The maximum Gasteiger partial charge on any atom is 0.251 e. The largest absolute Gasteiger partial charge is 0.351 e. The predicted octanol–water partition coefficient (Wildman–Crippen LogP) is 2.10. The van der Waals surface area contributed by atoms with Gasteiger partial charge in [-0.05, 0) is 54.7 Å². The fraction of sp³-hybridized carbons (Fsp3) is 0.500. The number of carbonyl (C=O) groups is 2. The summed E-state index contributed by atoms with van der Waals surface area (Å²) in [5.74, 6) is 0.825. The average molecular weight is 270 g/mol. The van der Waals surface area contributed by atoms with Crippen LogP contribution in [0.4, 0.5) is 5.69 Å². The molecule has 0 radical (unpaired) electrons. The second-order valence-corrected chi connectivity index (χ2v) is 6.42. The molecule has 2 aliphatic carbocycles. The van der Waals surface area contributed by atoms with Gasteiger partial charge < -0.3 is 10.6 Å². The van der Waals surface area contributed by atoms with Crippen LogP contribution in [-0.2, 0) is 11.2 Å². The van der Waals surface area contributed by atoms with E-state index in [1.54, 1.807) is 6.07 Å². The summed E-state index contributed by atoms with van der Waals surface area (Å²) in [4.78, 5) is 23.5. The molecule has 0 unspecified atom stereocenters. The Morgan fingerprint density at radius 3 is 2.85 bits per heavy atom. The Labute approximate surface area is 117 Å². The molecule has 3 aliphatic rings. The molecule has 0 aromatic heterocycles. The highest BCUT2D eigenvalue weighted by Crippen LogP contribution is 2.60. The Bertz CT molecular complexity index is 600. The first-order valence-electron chi connectivity index (χ1n) is 7.37. The van der Waals surface area contributed by atoms with E-state index in [0.717, 1.165) is 23.7 Å². The molecule has 1 aromatic carbocycles. The van der Waals surface area contributed by atoms with Gasteiger partial charge in [-0.3, -0.25) is 9.59 Å². The molecule has 4 nitrogen and oxygen atoms in total. The monoisotopic (exact) mass is 270 g/mol. The minimum absolute atomic E-state index is 0.00299. The SMILES string of the molecule is O=C1Cc2ccc(C(=O)NCC3(C4CC4)CC3)cc2N1. The van der Waals surface area contributed by atoms with Crippen molar-refractivity contribution >= 4 is 17.5 Å². The van der Waals surface area contributed by atoms with E-state index in [9.17, 15) is 9.59 Å². The first kappa shape index (κ1) is 11.9. The van der Waals surface area contributed by atoms with Crippen LogP contribution in [0.25, 0.3) is 0 Å². The van der Waals surface area contributed by atoms with Crippen molar-refractivity contribution in [2.45, 2.75) is 32.1 Å². The van der Waals surface area contributed by atoms with Gasteiger partial charge in [0.15, 0.2) is 0 Å². The zero-order chi connectivity index (χ0) is 13.7. The summed E-state index contributed by atoms with van der Waals surface area (Å²) in [6.07, 6.45) is 5.61. The molecule has 4 heteroatoms. The topological polar surface area (TPSA) is 58.2 Å². The van der Waals surface area contributed by atoms with Gasteiger partial charge in [0.2, 0.25) is 5.91 Å². The Hall–Kier alpha value is -1.84. The highest BCUT2D eigenvalue weighted by molar-refractivity contribution is 6.02. The number of benzene rings is 1. The van der Waals surface area contributed by atoms with Gasteiger partial charge in [0.1, 0.15) is 0 Å². The Morgan fingerprint density at radius 1 is 1.35 bits per heavy atom. The molecule has 2 fully saturated rings. The second kappa shape index (κ2) is 4.08. The van der Waals surface area contributed by atoms with Crippen molar-refractivity contribution in [2.24, 2.45) is 11.3 Å². The van der Waals surface area contributed by atoms with Crippen LogP contribution in [-0.4, -0.2) is 18.4 Å².